The summed E-state index contributed by atoms with van der Waals surface area (Å²) in [5.74, 6) is 0.0994. The Kier molecular flexibility index (Phi) is 4.05. The third-order valence-electron chi connectivity index (χ3n) is 3.60. The highest BCUT2D eigenvalue weighted by Crippen LogP contribution is 2.33. The smallest absolute Gasteiger partial charge is 0.214 e. The van der Waals surface area contributed by atoms with Crippen molar-refractivity contribution in [2.75, 3.05) is 0 Å². The van der Waals surface area contributed by atoms with Crippen LogP contribution in [0.25, 0.3) is 0 Å². The van der Waals surface area contributed by atoms with Crippen LogP contribution in [-0.4, -0.2) is 31.3 Å². The zero-order valence-corrected chi connectivity index (χ0v) is 12.2. The maximum Gasteiger partial charge on any atom is 0.214 e. The second-order valence-electron chi connectivity index (χ2n) is 4.96. The van der Waals surface area contributed by atoms with Gasteiger partial charge < -0.3 is 10.9 Å². The molecule has 0 aliphatic heterocycles. The second-order valence-corrected chi connectivity index (χ2v) is 6.00. The summed E-state index contributed by atoms with van der Waals surface area (Å²) in [5.41, 5.74) is 6.22. The summed E-state index contributed by atoms with van der Waals surface area (Å²) in [6.45, 7) is 0. The molecule has 8 heteroatoms. The first-order valence-electron chi connectivity index (χ1n) is 6.81. The van der Waals surface area contributed by atoms with E-state index >= 15 is 0 Å². The van der Waals surface area contributed by atoms with Gasteiger partial charge in [-0.1, -0.05) is 30.1 Å². The summed E-state index contributed by atoms with van der Waals surface area (Å²) in [7, 11) is 0. The first kappa shape index (κ1) is 13.9. The fourth-order valence-corrected chi connectivity index (χ4v) is 3.33. The van der Waals surface area contributed by atoms with Crippen LogP contribution in [0.15, 0.2) is 39.5 Å². The van der Waals surface area contributed by atoms with Gasteiger partial charge in [0.2, 0.25) is 5.16 Å². The van der Waals surface area contributed by atoms with E-state index < -0.39 is 0 Å². The Morgan fingerprint density at radius 3 is 2.67 bits per heavy atom. The van der Waals surface area contributed by atoms with Crippen LogP contribution in [0.1, 0.15) is 37.3 Å². The summed E-state index contributed by atoms with van der Waals surface area (Å²) in [6, 6.07) is 7.85. The lowest BCUT2D eigenvalue weighted by atomic mass is 10.2. The van der Waals surface area contributed by atoms with Gasteiger partial charge in [-0.15, -0.1) is 5.10 Å². The highest BCUT2D eigenvalue weighted by Gasteiger charge is 2.21. The minimum absolute atomic E-state index is 0.0994. The molecule has 1 aliphatic rings. The van der Waals surface area contributed by atoms with E-state index in [9.17, 15) is 0 Å². The number of benzene rings is 1. The highest BCUT2D eigenvalue weighted by molar-refractivity contribution is 7.99. The molecule has 7 nitrogen and oxygen atoms in total. The van der Waals surface area contributed by atoms with E-state index in [2.05, 4.69) is 20.7 Å². The minimum atomic E-state index is 0.0994. The van der Waals surface area contributed by atoms with Crippen LogP contribution in [0.4, 0.5) is 0 Å². The van der Waals surface area contributed by atoms with Gasteiger partial charge in [0.25, 0.3) is 0 Å². The molecule has 3 N–H and O–H groups in total. The maximum atomic E-state index is 8.65. The molecule has 1 aromatic carbocycles. The lowest BCUT2D eigenvalue weighted by molar-refractivity contribution is 0.318. The van der Waals surface area contributed by atoms with Gasteiger partial charge >= 0.3 is 0 Å². The van der Waals surface area contributed by atoms with Crippen LogP contribution in [0.2, 0.25) is 0 Å². The number of rotatable bonds is 4. The van der Waals surface area contributed by atoms with Gasteiger partial charge in [-0.2, -0.15) is 0 Å². The number of hydrogen-bond donors (Lipinski definition) is 2. The van der Waals surface area contributed by atoms with Gasteiger partial charge in [-0.3, -0.25) is 0 Å². The third kappa shape index (κ3) is 2.99. The Morgan fingerprint density at radius 2 is 2.00 bits per heavy atom. The van der Waals surface area contributed by atoms with Gasteiger partial charge in [0.1, 0.15) is 0 Å². The molecule has 110 valence electrons. The molecular formula is C13H16N6OS. The fourth-order valence-electron chi connectivity index (χ4n) is 2.49. The number of hydrogen-bond acceptors (Lipinski definition) is 6. The Balaban J connectivity index is 1.76. The fraction of sp³-hybridized carbons (Fsp3) is 0.385. The largest absolute Gasteiger partial charge is 0.409 e. The van der Waals surface area contributed by atoms with Gasteiger partial charge in [0.15, 0.2) is 5.84 Å². The Morgan fingerprint density at radius 1 is 1.29 bits per heavy atom. The quantitative estimate of drug-likeness (QED) is 0.388. The van der Waals surface area contributed by atoms with Crippen LogP contribution in [0.3, 0.4) is 0 Å². The van der Waals surface area contributed by atoms with E-state index in [4.69, 9.17) is 10.9 Å². The average molecular weight is 304 g/mol. The minimum Gasteiger partial charge on any atom is -0.409 e. The number of tetrazole rings is 1. The molecule has 1 aromatic heterocycles. The van der Waals surface area contributed by atoms with Gasteiger partial charge in [0, 0.05) is 10.5 Å². The first-order valence-corrected chi connectivity index (χ1v) is 7.63. The molecular weight excluding hydrogens is 288 g/mol. The molecule has 1 aliphatic carbocycles. The maximum absolute atomic E-state index is 8.65. The normalized spacial score (nSPS) is 16.5. The van der Waals surface area contributed by atoms with Crippen LogP contribution in [0, 0.1) is 0 Å². The van der Waals surface area contributed by atoms with Gasteiger partial charge in [0.05, 0.1) is 6.04 Å². The number of aromatic nitrogens is 4. The number of nitrogens with zero attached hydrogens (tertiary/aromatic N) is 5. The molecule has 1 fully saturated rings. The van der Waals surface area contributed by atoms with Crippen LogP contribution >= 0.6 is 11.8 Å². The summed E-state index contributed by atoms with van der Waals surface area (Å²) >= 11 is 1.52. The number of oxime groups is 1. The van der Waals surface area contributed by atoms with Gasteiger partial charge in [-0.25, -0.2) is 4.68 Å². The highest BCUT2D eigenvalue weighted by atomic mass is 32.2. The van der Waals surface area contributed by atoms with Crippen molar-refractivity contribution in [2.45, 2.75) is 41.8 Å². The molecule has 0 saturated heterocycles. The van der Waals surface area contributed by atoms with Crippen LogP contribution in [0.5, 0.6) is 0 Å². The van der Waals surface area contributed by atoms with Crippen molar-refractivity contribution in [2.24, 2.45) is 10.9 Å². The van der Waals surface area contributed by atoms with Crippen LogP contribution in [-0.2, 0) is 0 Å². The molecule has 0 radical (unpaired) electrons. The molecule has 21 heavy (non-hydrogen) atoms. The molecule has 3 rings (SSSR count). The molecule has 1 heterocycles. The summed E-state index contributed by atoms with van der Waals surface area (Å²) in [5, 5.41) is 24.5. The summed E-state index contributed by atoms with van der Waals surface area (Å²) < 4.78 is 1.93. The van der Waals surface area contributed by atoms with Crippen molar-refractivity contribution in [3.05, 3.63) is 29.8 Å². The van der Waals surface area contributed by atoms with Crippen molar-refractivity contribution in [3.8, 4) is 0 Å². The predicted molar refractivity (Wildman–Crippen MR) is 78.4 cm³/mol. The van der Waals surface area contributed by atoms with E-state index in [0.717, 1.165) is 22.9 Å². The SMILES string of the molecule is N/C(=N\O)c1ccc(Sc2nnnn2C2CCCC2)cc1. The molecule has 0 amide bonds. The average Bonchev–Trinajstić information content (AvgIpc) is 3.18. The van der Waals surface area contributed by atoms with E-state index in [0.29, 0.717) is 11.6 Å². The second kappa shape index (κ2) is 6.13. The Labute approximate surface area is 126 Å². The lowest BCUT2D eigenvalue weighted by Gasteiger charge is -2.10. The lowest BCUT2D eigenvalue weighted by Crippen LogP contribution is -2.12. The van der Waals surface area contributed by atoms with E-state index in [-0.39, 0.29) is 5.84 Å². The molecule has 1 saturated carbocycles. The third-order valence-corrected chi connectivity index (χ3v) is 4.56. The predicted octanol–water partition coefficient (Wildman–Crippen LogP) is 2.03. The van der Waals surface area contributed by atoms with Crippen molar-refractivity contribution < 1.29 is 5.21 Å². The zero-order valence-electron chi connectivity index (χ0n) is 11.4. The van der Waals surface area contributed by atoms with Crippen molar-refractivity contribution in [1.82, 2.24) is 20.2 Å². The first-order chi connectivity index (χ1) is 10.3. The number of nitrogens with two attached hydrogens (primary N) is 1. The standard InChI is InChI=1S/C13H16N6OS/c14-12(16-20)9-5-7-11(8-6-9)21-13-15-17-18-19(13)10-3-1-2-4-10/h5-8,10,20H,1-4H2,(H2,14,16). The van der Waals surface area contributed by atoms with E-state index in [1.54, 1.807) is 12.1 Å². The number of amidine groups is 1. The van der Waals surface area contributed by atoms with Crippen LogP contribution < -0.4 is 5.73 Å². The van der Waals surface area contributed by atoms with Crippen molar-refractivity contribution >= 4 is 17.6 Å². The topological polar surface area (TPSA) is 102 Å². The summed E-state index contributed by atoms with van der Waals surface area (Å²) in [4.78, 5) is 1.01. The zero-order chi connectivity index (χ0) is 14.7. The summed E-state index contributed by atoms with van der Waals surface area (Å²) in [6.07, 6.45) is 4.76. The molecule has 0 spiro atoms. The van der Waals surface area contributed by atoms with Gasteiger partial charge in [-0.05, 0) is 47.2 Å². The molecule has 0 bridgehead atoms. The van der Waals surface area contributed by atoms with Crippen molar-refractivity contribution in [3.63, 3.8) is 0 Å². The Hall–Kier alpha value is -2.09. The monoisotopic (exact) mass is 304 g/mol. The van der Waals surface area contributed by atoms with E-state index in [1.807, 2.05) is 16.8 Å². The Bertz CT molecular complexity index is 632. The molecule has 0 atom stereocenters. The van der Waals surface area contributed by atoms with E-state index in [1.165, 1.54) is 24.6 Å². The van der Waals surface area contributed by atoms with Crippen molar-refractivity contribution in [1.29, 1.82) is 0 Å². The molecule has 0 unspecified atom stereocenters. The molecule has 2 aromatic rings.